The molecule has 0 spiro atoms. The Morgan fingerprint density at radius 1 is 1.12 bits per heavy atom. The van der Waals surface area contributed by atoms with Gasteiger partial charge < -0.3 is 34.3 Å². The molecule has 9 nitrogen and oxygen atoms in total. The molecule has 6 aliphatic rings. The van der Waals surface area contributed by atoms with Crippen LogP contribution in [0.15, 0.2) is 48.1 Å². The Balaban J connectivity index is 1.33. The molecule has 43 heavy (non-hydrogen) atoms. The van der Waals surface area contributed by atoms with Crippen molar-refractivity contribution in [3.8, 4) is 0 Å². The first kappa shape index (κ1) is 31.0. The highest BCUT2D eigenvalue weighted by atomic mass is 16.9. The molecule has 0 radical (unpaired) electrons. The van der Waals surface area contributed by atoms with Gasteiger partial charge in [-0.15, -0.1) is 0 Å². The smallest absolute Gasteiger partial charge is 0.306 e. The summed E-state index contributed by atoms with van der Waals surface area (Å²) in [6.07, 6.45) is 12.7. The van der Waals surface area contributed by atoms with Gasteiger partial charge in [0.25, 0.3) is 0 Å². The SMILES string of the molecule is C=C(C)[C@]12C[C@@H](C)[C@@]34O[C@](/C=C/C=C/C(=O)CCCCCCCC)(O[C@@H]1[C@@H]3[C@@H]1O[C@]1(CO)[C@@H](O)[C@]1(O)C(=O)C(C)=C[C@H]14)O2. The van der Waals surface area contributed by atoms with Gasteiger partial charge in [0.2, 0.25) is 0 Å². The molecule has 3 N–H and O–H groups in total. The second-order valence-corrected chi connectivity index (χ2v) is 13.7. The van der Waals surface area contributed by atoms with Gasteiger partial charge in [-0.3, -0.25) is 9.59 Å². The first-order valence-corrected chi connectivity index (χ1v) is 15.9. The number of fused-ring (bicyclic) bond motifs is 3. The molecule has 0 amide bonds. The van der Waals surface area contributed by atoms with E-state index in [0.717, 1.165) is 24.8 Å². The van der Waals surface area contributed by atoms with E-state index in [9.17, 15) is 24.9 Å². The lowest BCUT2D eigenvalue weighted by atomic mass is 9.54. The Morgan fingerprint density at radius 3 is 2.53 bits per heavy atom. The van der Waals surface area contributed by atoms with E-state index < -0.39 is 70.9 Å². The number of hydrogen-bond donors (Lipinski definition) is 3. The van der Waals surface area contributed by atoms with Gasteiger partial charge in [0, 0.05) is 24.3 Å². The Hall–Kier alpha value is -1.98. The van der Waals surface area contributed by atoms with Gasteiger partial charge >= 0.3 is 5.97 Å². The molecule has 0 unspecified atom stereocenters. The van der Waals surface area contributed by atoms with Crippen LogP contribution in [0.2, 0.25) is 0 Å². The highest BCUT2D eigenvalue weighted by Gasteiger charge is 2.88. The minimum atomic E-state index is -2.27. The molecule has 3 saturated heterocycles. The molecular formula is C34H46O9. The Morgan fingerprint density at radius 2 is 1.84 bits per heavy atom. The lowest BCUT2D eigenvalue weighted by Crippen LogP contribution is -2.72. The first-order valence-electron chi connectivity index (χ1n) is 15.9. The lowest BCUT2D eigenvalue weighted by molar-refractivity contribution is -0.406. The van der Waals surface area contributed by atoms with Crippen LogP contribution in [0.3, 0.4) is 0 Å². The van der Waals surface area contributed by atoms with Gasteiger partial charge in [-0.1, -0.05) is 70.8 Å². The van der Waals surface area contributed by atoms with Crippen LogP contribution in [-0.4, -0.2) is 80.2 Å². The van der Waals surface area contributed by atoms with Gasteiger partial charge in [-0.05, 0) is 49.8 Å². The van der Waals surface area contributed by atoms with Crippen LogP contribution in [0.1, 0.15) is 79.1 Å². The second-order valence-electron chi connectivity index (χ2n) is 13.7. The zero-order valence-corrected chi connectivity index (χ0v) is 25.7. The quantitative estimate of drug-likeness (QED) is 0.101. The molecular weight excluding hydrogens is 552 g/mol. The van der Waals surface area contributed by atoms with Crippen molar-refractivity contribution in [3.05, 3.63) is 48.1 Å². The van der Waals surface area contributed by atoms with Crippen LogP contribution in [0.4, 0.5) is 0 Å². The summed E-state index contributed by atoms with van der Waals surface area (Å²) in [4.78, 5) is 26.0. The lowest BCUT2D eigenvalue weighted by Gasteiger charge is -2.59. The zero-order chi connectivity index (χ0) is 31.0. The summed E-state index contributed by atoms with van der Waals surface area (Å²) in [5.74, 6) is -4.10. The van der Waals surface area contributed by atoms with E-state index in [1.807, 2.05) is 13.8 Å². The van der Waals surface area contributed by atoms with Gasteiger partial charge in [-0.2, -0.15) is 0 Å². The molecule has 3 heterocycles. The molecule has 0 aromatic carbocycles. The maximum atomic E-state index is 13.5. The molecule has 6 rings (SSSR count). The molecule has 0 aromatic heterocycles. The predicted octanol–water partition coefficient (Wildman–Crippen LogP) is 3.61. The van der Waals surface area contributed by atoms with Crippen LogP contribution in [-0.2, 0) is 28.5 Å². The number of carbonyl (C=O) groups is 2. The van der Waals surface area contributed by atoms with Crippen molar-refractivity contribution in [2.24, 2.45) is 17.8 Å². The van der Waals surface area contributed by atoms with E-state index in [4.69, 9.17) is 18.9 Å². The monoisotopic (exact) mass is 598 g/mol. The minimum absolute atomic E-state index is 0.0400. The van der Waals surface area contributed by atoms with Crippen LogP contribution in [0, 0.1) is 17.8 Å². The molecule has 11 atom stereocenters. The fraction of sp³-hybridized carbons (Fsp3) is 0.706. The molecule has 236 valence electrons. The Bertz CT molecular complexity index is 1290. The number of hydrogen-bond acceptors (Lipinski definition) is 9. The summed E-state index contributed by atoms with van der Waals surface area (Å²) in [5.41, 5.74) is -4.99. The predicted molar refractivity (Wildman–Crippen MR) is 157 cm³/mol. The topological polar surface area (TPSA) is 135 Å². The molecule has 5 fully saturated rings. The number of carbonyl (C=O) groups excluding carboxylic acids is 2. The molecule has 0 aromatic rings. The average molecular weight is 599 g/mol. The van der Waals surface area contributed by atoms with Crippen LogP contribution < -0.4 is 0 Å². The minimum Gasteiger partial charge on any atom is -0.393 e. The summed E-state index contributed by atoms with van der Waals surface area (Å²) in [6, 6.07) is 0. The summed E-state index contributed by atoms with van der Waals surface area (Å²) in [5, 5.41) is 34.2. The highest BCUT2D eigenvalue weighted by Crippen LogP contribution is 2.72. The van der Waals surface area contributed by atoms with Gasteiger partial charge in [0.05, 0.1) is 12.2 Å². The third kappa shape index (κ3) is 4.15. The third-order valence-electron chi connectivity index (χ3n) is 11.1. The van der Waals surface area contributed by atoms with Crippen molar-refractivity contribution in [2.45, 2.75) is 126 Å². The fourth-order valence-corrected chi connectivity index (χ4v) is 8.92. The summed E-state index contributed by atoms with van der Waals surface area (Å²) in [6.45, 7) is 11.3. The number of aliphatic hydroxyl groups is 3. The van der Waals surface area contributed by atoms with Gasteiger partial charge in [0.15, 0.2) is 17.2 Å². The van der Waals surface area contributed by atoms with Crippen molar-refractivity contribution < 1.29 is 43.9 Å². The standard InChI is InChI=1S/C34H46O9/c1-6-7-8-9-10-11-14-23(36)15-12-13-16-32-41-27-25-28-31(19-35,40-28)29(38)33(39)24(17-21(4)26(33)37)34(25,43-32)22(5)18-30(27,42-32)20(2)3/h12-13,15-17,22,24-25,27-29,35,38-39H,2,6-11,14,18-19H2,1,3-5H3/b15-12+,16-13+/t22-,24-,25-,27-,28+,29-,30-,31+,32-,33-,34+/m1/s1. The summed E-state index contributed by atoms with van der Waals surface area (Å²) < 4.78 is 26.3. The number of ketones is 2. The summed E-state index contributed by atoms with van der Waals surface area (Å²) in [7, 11) is 0. The fourth-order valence-electron chi connectivity index (χ4n) is 8.92. The average Bonchev–Trinajstić information content (AvgIpc) is 3.61. The van der Waals surface area contributed by atoms with Crippen molar-refractivity contribution >= 4 is 11.6 Å². The van der Waals surface area contributed by atoms with Crippen LogP contribution in [0.5, 0.6) is 0 Å². The van der Waals surface area contributed by atoms with E-state index >= 15 is 0 Å². The highest BCUT2D eigenvalue weighted by molar-refractivity contribution is 6.05. The number of ether oxygens (including phenoxy) is 4. The maximum Gasteiger partial charge on any atom is 0.306 e. The van der Waals surface area contributed by atoms with Gasteiger partial charge in [-0.25, -0.2) is 0 Å². The van der Waals surface area contributed by atoms with E-state index in [1.54, 1.807) is 31.2 Å². The number of epoxide rings is 1. The molecule has 3 aliphatic carbocycles. The second kappa shape index (κ2) is 10.5. The maximum absolute atomic E-state index is 13.5. The molecule has 2 saturated carbocycles. The zero-order valence-electron chi connectivity index (χ0n) is 25.7. The number of aliphatic hydroxyl groups excluding tert-OH is 2. The largest absolute Gasteiger partial charge is 0.393 e. The van der Waals surface area contributed by atoms with Crippen LogP contribution in [0.25, 0.3) is 0 Å². The van der Waals surface area contributed by atoms with Gasteiger partial charge in [0.1, 0.15) is 29.5 Å². The van der Waals surface area contributed by atoms with E-state index in [1.165, 1.54) is 25.3 Å². The number of Topliss-reactive ketones (excluding diaryl/α,β-unsaturated/α-hetero) is 1. The van der Waals surface area contributed by atoms with E-state index in [-0.39, 0.29) is 11.7 Å². The van der Waals surface area contributed by atoms with Crippen molar-refractivity contribution in [1.82, 2.24) is 0 Å². The van der Waals surface area contributed by atoms with Crippen molar-refractivity contribution in [2.75, 3.05) is 6.61 Å². The molecule has 3 bridgehead atoms. The van der Waals surface area contributed by atoms with Crippen LogP contribution >= 0.6 is 0 Å². The first-order chi connectivity index (χ1) is 20.4. The normalized spacial score (nSPS) is 47.4. The summed E-state index contributed by atoms with van der Waals surface area (Å²) >= 11 is 0. The number of rotatable bonds is 12. The number of unbranched alkanes of at least 4 members (excludes halogenated alkanes) is 5. The Labute approximate surface area is 253 Å². The van der Waals surface area contributed by atoms with Crippen molar-refractivity contribution in [1.29, 1.82) is 0 Å². The van der Waals surface area contributed by atoms with E-state index in [0.29, 0.717) is 18.4 Å². The van der Waals surface area contributed by atoms with E-state index in [2.05, 4.69) is 13.5 Å². The molecule has 9 heteroatoms. The Kier molecular flexibility index (Phi) is 7.61. The molecule has 3 aliphatic heterocycles. The number of allylic oxidation sites excluding steroid dienone is 3. The van der Waals surface area contributed by atoms with Crippen molar-refractivity contribution in [3.63, 3.8) is 0 Å². The third-order valence-corrected chi connectivity index (χ3v) is 11.1.